The lowest BCUT2D eigenvalue weighted by molar-refractivity contribution is -0.431. The third-order valence-electron chi connectivity index (χ3n) is 1.15. The Kier molecular flexibility index (Phi) is 5.65. The van der Waals surface area contributed by atoms with E-state index in [1.165, 1.54) is 0 Å². The number of aliphatic carboxylic acids is 1. The molecule has 80 valence electrons. The molecule has 7 nitrogen and oxygen atoms in total. The minimum Gasteiger partial charge on any atom is -0.544 e. The number of thioether (sulfide) groups is 1. The summed E-state index contributed by atoms with van der Waals surface area (Å²) in [4.78, 5) is 31.2. The van der Waals surface area contributed by atoms with Crippen LogP contribution in [-0.2, 0) is 9.59 Å². The van der Waals surface area contributed by atoms with Crippen LogP contribution in [0, 0.1) is 0 Å². The van der Waals surface area contributed by atoms with Crippen LogP contribution in [0.5, 0.6) is 0 Å². The molecule has 0 heterocycles. The van der Waals surface area contributed by atoms with Gasteiger partial charge in [0.05, 0.1) is 17.5 Å². The third-order valence-corrected chi connectivity index (χ3v) is 2.25. The van der Waals surface area contributed by atoms with E-state index in [0.717, 1.165) is 11.8 Å². The van der Waals surface area contributed by atoms with Crippen molar-refractivity contribution in [1.29, 1.82) is 0 Å². The molecule has 0 aromatic rings. The molecule has 0 aliphatic carbocycles. The number of imide groups is 1. The zero-order valence-corrected chi connectivity index (χ0v) is 8.13. The van der Waals surface area contributed by atoms with E-state index in [2.05, 4.69) is 11.5 Å². The van der Waals surface area contributed by atoms with Crippen LogP contribution >= 0.6 is 11.8 Å². The summed E-state index contributed by atoms with van der Waals surface area (Å²) >= 11 is 1.04. The Bertz CT molecular complexity index is 245. The molecule has 0 bridgehead atoms. The van der Waals surface area contributed by atoms with E-state index >= 15 is 0 Å². The van der Waals surface area contributed by atoms with Gasteiger partial charge in [-0.15, -0.1) is 11.8 Å². The Labute approximate surface area is 84.2 Å². The average molecular weight is 221 g/mol. The highest BCUT2D eigenvalue weighted by Gasteiger charge is 2.09. The Morgan fingerprint density at radius 2 is 2.07 bits per heavy atom. The zero-order chi connectivity index (χ0) is 11.1. The number of hydrogen-bond acceptors (Lipinski definition) is 5. The summed E-state index contributed by atoms with van der Waals surface area (Å²) in [7, 11) is 0. The number of carbonyl (C=O) groups excluding carboxylic acids is 3. The Morgan fingerprint density at radius 1 is 1.50 bits per heavy atom. The van der Waals surface area contributed by atoms with E-state index in [1.807, 2.05) is 5.32 Å². The van der Waals surface area contributed by atoms with Crippen LogP contribution in [0.2, 0.25) is 0 Å². The summed E-state index contributed by atoms with van der Waals surface area (Å²) in [6.45, 7) is 0. The van der Waals surface area contributed by atoms with Crippen molar-refractivity contribution in [3.8, 4) is 0 Å². The molecule has 0 radical (unpaired) electrons. The van der Waals surface area contributed by atoms with Crippen LogP contribution in [0.4, 0.5) is 4.79 Å². The topological polar surface area (TPSA) is 140 Å². The second kappa shape index (κ2) is 6.22. The van der Waals surface area contributed by atoms with Gasteiger partial charge in [-0.1, -0.05) is 0 Å². The molecule has 1 atom stereocenters. The number of carbonyl (C=O) groups is 3. The zero-order valence-electron chi connectivity index (χ0n) is 7.32. The molecule has 0 saturated heterocycles. The van der Waals surface area contributed by atoms with Gasteiger partial charge in [0, 0.05) is 0 Å². The fraction of sp³-hybridized carbons (Fsp3) is 0.500. The standard InChI is InChI=1S/C6H11N3O4S/c7-3(5(11)12)1-14-2-4(10)9-6(8)13/h3H,1-2,7H2,(H,11,12)(H3,8,9,10,13)/t3-/m0/s1. The second-order valence-corrected chi connectivity index (χ2v) is 3.47. The number of nitrogens with two attached hydrogens (primary N) is 1. The molecule has 0 aromatic heterocycles. The normalized spacial score (nSPS) is 11.8. The summed E-state index contributed by atoms with van der Waals surface area (Å²) in [5.74, 6) is -1.72. The van der Waals surface area contributed by atoms with Crippen molar-refractivity contribution in [2.75, 3.05) is 11.5 Å². The van der Waals surface area contributed by atoms with Gasteiger partial charge in [-0.3, -0.25) is 10.1 Å². The van der Waals surface area contributed by atoms with Gasteiger partial charge < -0.3 is 21.4 Å². The van der Waals surface area contributed by atoms with Crippen LogP contribution in [0.25, 0.3) is 0 Å². The maximum Gasteiger partial charge on any atom is 0.318 e. The lowest BCUT2D eigenvalue weighted by Gasteiger charge is -2.07. The molecule has 0 unspecified atom stereocenters. The van der Waals surface area contributed by atoms with Gasteiger partial charge in [0.15, 0.2) is 0 Å². The van der Waals surface area contributed by atoms with E-state index in [9.17, 15) is 19.5 Å². The molecule has 8 heteroatoms. The van der Waals surface area contributed by atoms with Crippen molar-refractivity contribution in [1.82, 2.24) is 5.32 Å². The summed E-state index contributed by atoms with van der Waals surface area (Å²) in [5, 5.41) is 12.0. The van der Waals surface area contributed by atoms with Gasteiger partial charge >= 0.3 is 6.03 Å². The number of nitrogens with one attached hydrogen (secondary N) is 1. The number of hydrogen-bond donors (Lipinski definition) is 3. The number of carboxylic acid groups (broad SMARTS) is 1. The predicted octanol–water partition coefficient (Wildman–Crippen LogP) is -3.73. The summed E-state index contributed by atoms with van der Waals surface area (Å²) in [6, 6.07) is -1.80. The molecule has 0 aromatic carbocycles. The Morgan fingerprint density at radius 3 is 2.50 bits per heavy atom. The molecule has 0 aliphatic rings. The first-order valence-corrected chi connectivity index (χ1v) is 4.80. The van der Waals surface area contributed by atoms with Crippen molar-refractivity contribution in [2.24, 2.45) is 5.73 Å². The van der Waals surface area contributed by atoms with Crippen molar-refractivity contribution < 1.29 is 25.2 Å². The van der Waals surface area contributed by atoms with Crippen LogP contribution in [0.15, 0.2) is 0 Å². The lowest BCUT2D eigenvalue weighted by atomic mass is 10.4. The quantitative estimate of drug-likeness (QED) is 0.438. The Balaban J connectivity index is 3.59. The van der Waals surface area contributed by atoms with E-state index in [1.54, 1.807) is 0 Å². The van der Waals surface area contributed by atoms with Gasteiger partial charge in [-0.05, 0) is 0 Å². The minimum absolute atomic E-state index is 0.0394. The van der Waals surface area contributed by atoms with Gasteiger partial charge in [-0.2, -0.15) is 0 Å². The van der Waals surface area contributed by atoms with E-state index in [-0.39, 0.29) is 11.5 Å². The maximum absolute atomic E-state index is 10.8. The third kappa shape index (κ3) is 6.26. The second-order valence-electron chi connectivity index (χ2n) is 2.44. The van der Waals surface area contributed by atoms with Gasteiger partial charge in [0.25, 0.3) is 0 Å². The summed E-state index contributed by atoms with van der Waals surface area (Å²) in [6.07, 6.45) is 0. The molecular formula is C6H11N3O4S. The molecule has 0 saturated carbocycles. The fourth-order valence-corrected chi connectivity index (χ4v) is 1.33. The van der Waals surface area contributed by atoms with Crippen molar-refractivity contribution in [3.05, 3.63) is 0 Å². The molecule has 3 amide bonds. The Hall–Kier alpha value is -1.28. The highest BCUT2D eigenvalue weighted by molar-refractivity contribution is 8.00. The van der Waals surface area contributed by atoms with Crippen LogP contribution in [0.1, 0.15) is 0 Å². The van der Waals surface area contributed by atoms with Gasteiger partial charge in [0.1, 0.15) is 6.04 Å². The molecule has 0 aliphatic heterocycles. The highest BCUT2D eigenvalue weighted by atomic mass is 32.2. The van der Waals surface area contributed by atoms with Crippen molar-refractivity contribution in [3.63, 3.8) is 0 Å². The van der Waals surface area contributed by atoms with Gasteiger partial charge in [-0.25, -0.2) is 4.79 Å². The number of quaternary nitrogens is 1. The number of carboxylic acids is 1. The fourth-order valence-electron chi connectivity index (χ4n) is 0.535. The van der Waals surface area contributed by atoms with Gasteiger partial charge in [0.2, 0.25) is 5.91 Å². The number of primary amides is 1. The number of rotatable bonds is 5. The van der Waals surface area contributed by atoms with E-state index in [4.69, 9.17) is 0 Å². The first kappa shape index (κ1) is 12.7. The monoisotopic (exact) mass is 221 g/mol. The van der Waals surface area contributed by atoms with Crippen molar-refractivity contribution in [2.45, 2.75) is 6.04 Å². The van der Waals surface area contributed by atoms with Crippen molar-refractivity contribution >= 4 is 29.7 Å². The molecule has 0 fully saturated rings. The molecule has 0 spiro atoms. The number of amides is 3. The van der Waals surface area contributed by atoms with E-state index < -0.39 is 23.9 Å². The van der Waals surface area contributed by atoms with Crippen LogP contribution in [-0.4, -0.2) is 35.5 Å². The first-order valence-electron chi connectivity index (χ1n) is 3.64. The smallest absolute Gasteiger partial charge is 0.318 e. The molecule has 14 heavy (non-hydrogen) atoms. The lowest BCUT2D eigenvalue weighted by Crippen LogP contribution is -2.69. The van der Waals surface area contributed by atoms with Crippen LogP contribution in [0.3, 0.4) is 0 Å². The van der Waals surface area contributed by atoms with E-state index in [0.29, 0.717) is 0 Å². The summed E-state index contributed by atoms with van der Waals surface area (Å²) < 4.78 is 0. The minimum atomic E-state index is -1.27. The average Bonchev–Trinajstić information content (AvgIpc) is 2.02. The largest absolute Gasteiger partial charge is 0.544 e. The summed E-state index contributed by atoms with van der Waals surface area (Å²) in [5.41, 5.74) is 7.97. The predicted molar refractivity (Wildman–Crippen MR) is 46.7 cm³/mol. The van der Waals surface area contributed by atoms with Crippen LogP contribution < -0.4 is 21.9 Å². The highest BCUT2D eigenvalue weighted by Crippen LogP contribution is 1.99. The SMILES string of the molecule is NC(=O)NC(=O)CSC[C@H]([NH3+])C(=O)[O-]. The maximum atomic E-state index is 10.8. The number of urea groups is 1. The molecule has 6 N–H and O–H groups in total. The first-order chi connectivity index (χ1) is 6.43. The molecular weight excluding hydrogens is 210 g/mol. The molecule has 0 rings (SSSR count).